The molecule has 2 N–H and O–H groups in total. The molecule has 7 rings (SSSR count). The van der Waals surface area contributed by atoms with Gasteiger partial charge in [-0.05, 0) is 113 Å². The van der Waals surface area contributed by atoms with Gasteiger partial charge in [-0.25, -0.2) is 4.79 Å². The summed E-state index contributed by atoms with van der Waals surface area (Å²) in [4.78, 5) is 52.7. The number of hydrogen-bond donors (Lipinski definition) is 2. The number of azo groups is 1. The molecule has 3 saturated carbocycles. The fourth-order valence-electron chi connectivity index (χ4n) is 10.6. The molecule has 0 aromatic heterocycles. The van der Waals surface area contributed by atoms with Crippen molar-refractivity contribution in [1.82, 2.24) is 0 Å². The zero-order valence-corrected chi connectivity index (χ0v) is 33.7. The summed E-state index contributed by atoms with van der Waals surface area (Å²) in [6.07, 6.45) is 7.53. The summed E-state index contributed by atoms with van der Waals surface area (Å²) in [5.74, 6) is -1.88. The molecule has 0 bridgehead atoms. The summed E-state index contributed by atoms with van der Waals surface area (Å²) >= 11 is 0. The number of aryl methyl sites for hydroxylation is 1. The lowest BCUT2D eigenvalue weighted by atomic mass is 9.46. The predicted octanol–water partition coefficient (Wildman–Crippen LogP) is 7.98. The smallest absolute Gasteiger partial charge is 0.342 e. The zero-order chi connectivity index (χ0) is 40.9. The topological polar surface area (TPSA) is 170 Å². The number of ketones is 2. The minimum atomic E-state index is -1.39. The molecule has 1 aliphatic heterocycles. The van der Waals surface area contributed by atoms with E-state index in [1.807, 2.05) is 32.1 Å². The second kappa shape index (κ2) is 15.3. The number of ether oxygens (including phenoxy) is 4. The number of phenolic OH excluding ortho intramolecular Hbond substituents is 1. The highest BCUT2D eigenvalue weighted by Crippen LogP contribution is 2.69. The number of benzene rings is 2. The molecule has 0 spiro atoms. The first-order chi connectivity index (χ1) is 27.0. The third kappa shape index (κ3) is 7.40. The van der Waals surface area contributed by atoms with Gasteiger partial charge in [-0.1, -0.05) is 57.0 Å². The number of allylic oxidation sites excluding steroid dienone is 4. The SMILES string of the molecule is CCCC1OC2C[C@H]3[C@@H]4CCC5=CC(=O)C=C[C@]5(C)[C@H]4[C@@H](O)C[C@]3(C)[C@]2(C(=O)COC(=O)CCc2ccccc2N=Nc2ccc(O)c(C(=O)OC(C)(C)C)c2)O1. The Hall–Kier alpha value is -4.52. The first-order valence-electron chi connectivity index (χ1n) is 20.2. The van der Waals surface area contributed by atoms with Crippen LogP contribution in [0.25, 0.3) is 0 Å². The van der Waals surface area contributed by atoms with Gasteiger partial charge in [0.1, 0.15) is 16.9 Å². The van der Waals surface area contributed by atoms with Gasteiger partial charge in [-0.15, -0.1) is 0 Å². The number of aliphatic hydroxyl groups is 1. The molecule has 304 valence electrons. The number of carbonyl (C=O) groups excluding carboxylic acids is 4. The summed E-state index contributed by atoms with van der Waals surface area (Å²) < 4.78 is 24.3. The Morgan fingerprint density at radius 2 is 1.84 bits per heavy atom. The van der Waals surface area contributed by atoms with Crippen LogP contribution in [0.1, 0.15) is 102 Å². The maximum atomic E-state index is 14.6. The van der Waals surface area contributed by atoms with Crippen LogP contribution in [-0.2, 0) is 39.8 Å². The second-order valence-electron chi connectivity index (χ2n) is 17.8. The van der Waals surface area contributed by atoms with Gasteiger partial charge in [-0.3, -0.25) is 14.4 Å². The molecule has 4 aliphatic carbocycles. The predicted molar refractivity (Wildman–Crippen MR) is 209 cm³/mol. The molecule has 9 atom stereocenters. The number of esters is 2. The molecule has 2 unspecified atom stereocenters. The van der Waals surface area contributed by atoms with E-state index in [2.05, 4.69) is 17.2 Å². The molecule has 0 radical (unpaired) electrons. The first kappa shape index (κ1) is 40.7. The average molecular weight is 783 g/mol. The van der Waals surface area contributed by atoms with Crippen LogP contribution in [-0.4, -0.2) is 70.0 Å². The highest BCUT2D eigenvalue weighted by Gasteiger charge is 2.75. The van der Waals surface area contributed by atoms with Crippen molar-refractivity contribution < 1.29 is 48.3 Å². The molecule has 2 aromatic carbocycles. The quantitative estimate of drug-likeness (QED) is 0.168. The van der Waals surface area contributed by atoms with E-state index in [9.17, 15) is 29.4 Å². The summed E-state index contributed by atoms with van der Waals surface area (Å²) in [6.45, 7) is 10.9. The van der Waals surface area contributed by atoms with Crippen LogP contribution in [0.2, 0.25) is 0 Å². The van der Waals surface area contributed by atoms with E-state index in [0.717, 1.165) is 30.4 Å². The molecule has 0 amide bonds. The average Bonchev–Trinajstić information content (AvgIpc) is 3.64. The van der Waals surface area contributed by atoms with E-state index in [1.54, 1.807) is 45.1 Å². The lowest BCUT2D eigenvalue weighted by Gasteiger charge is -2.59. The van der Waals surface area contributed by atoms with E-state index < -0.39 is 59.1 Å². The van der Waals surface area contributed by atoms with Crippen molar-refractivity contribution in [2.45, 2.75) is 123 Å². The largest absolute Gasteiger partial charge is 0.507 e. The number of rotatable bonds is 11. The summed E-state index contributed by atoms with van der Waals surface area (Å²) in [5.41, 5.74) is -0.790. The normalized spacial score (nSPS) is 32.9. The molecule has 12 heteroatoms. The Bertz CT molecular complexity index is 2030. The van der Waals surface area contributed by atoms with Crippen molar-refractivity contribution in [2.75, 3.05) is 6.61 Å². The minimum Gasteiger partial charge on any atom is -0.507 e. The van der Waals surface area contributed by atoms with Crippen LogP contribution in [0.3, 0.4) is 0 Å². The molecule has 2 aromatic rings. The third-order valence-electron chi connectivity index (χ3n) is 13.1. The van der Waals surface area contributed by atoms with Crippen LogP contribution in [0.5, 0.6) is 5.75 Å². The summed E-state index contributed by atoms with van der Waals surface area (Å²) in [7, 11) is 0. The van der Waals surface area contributed by atoms with Gasteiger partial charge in [0.05, 0.1) is 23.6 Å². The maximum absolute atomic E-state index is 14.6. The zero-order valence-electron chi connectivity index (χ0n) is 33.7. The van der Waals surface area contributed by atoms with Gasteiger partial charge in [0, 0.05) is 23.2 Å². The maximum Gasteiger partial charge on any atom is 0.342 e. The van der Waals surface area contributed by atoms with Crippen molar-refractivity contribution >= 4 is 34.9 Å². The number of fused-ring (bicyclic) bond motifs is 7. The Morgan fingerprint density at radius 1 is 1.07 bits per heavy atom. The fraction of sp³-hybridized carbons (Fsp3) is 0.556. The van der Waals surface area contributed by atoms with Crippen molar-refractivity contribution in [3.05, 3.63) is 77.4 Å². The van der Waals surface area contributed by atoms with Gasteiger partial charge in [0.25, 0.3) is 0 Å². The van der Waals surface area contributed by atoms with Crippen LogP contribution < -0.4 is 0 Å². The number of hydrogen-bond acceptors (Lipinski definition) is 12. The second-order valence-corrected chi connectivity index (χ2v) is 17.8. The number of phenols is 1. The Labute approximate surface area is 333 Å². The van der Waals surface area contributed by atoms with Crippen molar-refractivity contribution in [2.24, 2.45) is 38.8 Å². The van der Waals surface area contributed by atoms with E-state index in [0.29, 0.717) is 30.6 Å². The molecule has 12 nitrogen and oxygen atoms in total. The third-order valence-corrected chi connectivity index (χ3v) is 13.1. The van der Waals surface area contributed by atoms with Crippen LogP contribution in [0, 0.1) is 28.6 Å². The lowest BCUT2D eigenvalue weighted by molar-refractivity contribution is -0.201. The van der Waals surface area contributed by atoms with E-state index >= 15 is 0 Å². The number of carbonyl (C=O) groups is 4. The van der Waals surface area contributed by atoms with Gasteiger partial charge >= 0.3 is 11.9 Å². The van der Waals surface area contributed by atoms with Gasteiger partial charge in [-0.2, -0.15) is 10.2 Å². The van der Waals surface area contributed by atoms with Crippen molar-refractivity contribution in [1.29, 1.82) is 0 Å². The first-order valence-corrected chi connectivity index (χ1v) is 20.2. The number of Topliss-reactive ketones (excluding diaryl/α,β-unsaturated/α-hetero) is 1. The number of aliphatic hydroxyl groups excluding tert-OH is 1. The van der Waals surface area contributed by atoms with Crippen LogP contribution in [0.15, 0.2) is 76.5 Å². The van der Waals surface area contributed by atoms with E-state index in [-0.39, 0.29) is 53.5 Å². The highest BCUT2D eigenvalue weighted by atomic mass is 16.7. The number of aromatic hydroxyl groups is 1. The van der Waals surface area contributed by atoms with E-state index in [4.69, 9.17) is 18.9 Å². The lowest BCUT2D eigenvalue weighted by Crippen LogP contribution is -2.63. The Kier molecular flexibility index (Phi) is 10.9. The Balaban J connectivity index is 1.04. The van der Waals surface area contributed by atoms with Crippen molar-refractivity contribution in [3.8, 4) is 5.75 Å². The van der Waals surface area contributed by atoms with E-state index in [1.165, 1.54) is 18.2 Å². The van der Waals surface area contributed by atoms with Crippen LogP contribution >= 0.6 is 0 Å². The Morgan fingerprint density at radius 3 is 2.60 bits per heavy atom. The van der Waals surface area contributed by atoms with Crippen molar-refractivity contribution in [3.63, 3.8) is 0 Å². The van der Waals surface area contributed by atoms with Gasteiger partial charge in [0.15, 0.2) is 24.3 Å². The standard InChI is InChI=1S/C45H54N2O10/c1-7-10-39-55-37-23-32-30-16-14-27-21-29(48)19-20-43(27,5)40(30)35(50)24-44(32,6)45(37,56-39)36(51)25-54-38(52)18-13-26-11-8-9-12-33(26)47-46-28-15-17-34(49)31(22-28)41(53)57-42(2,3)4/h8-9,11-12,15,17,19-22,30,32,35,37,39-40,49-50H,7,10,13-14,16,18,23-25H2,1-6H3/t30-,32-,35-,37?,39?,40+,43-,44-,45+/m0/s1. The molecule has 4 fully saturated rings. The van der Waals surface area contributed by atoms with Gasteiger partial charge < -0.3 is 29.2 Å². The fourth-order valence-corrected chi connectivity index (χ4v) is 10.6. The summed E-state index contributed by atoms with van der Waals surface area (Å²) in [6, 6.07) is 11.5. The minimum absolute atomic E-state index is 0.0127. The molecular formula is C45H54N2O10. The summed E-state index contributed by atoms with van der Waals surface area (Å²) in [5, 5.41) is 30.9. The number of nitrogens with zero attached hydrogens (tertiary/aromatic N) is 2. The molecule has 1 heterocycles. The molecule has 57 heavy (non-hydrogen) atoms. The monoisotopic (exact) mass is 782 g/mol. The molecule has 5 aliphatic rings. The highest BCUT2D eigenvalue weighted by molar-refractivity contribution is 6.01. The van der Waals surface area contributed by atoms with Gasteiger partial charge in [0.2, 0.25) is 5.78 Å². The molecular weight excluding hydrogens is 728 g/mol. The van der Waals surface area contributed by atoms with Crippen LogP contribution in [0.4, 0.5) is 11.4 Å². The molecule has 1 saturated heterocycles.